The maximum atomic E-state index is 12.0. The number of anilines is 1. The van der Waals surface area contributed by atoms with Crippen molar-refractivity contribution in [2.45, 2.75) is 19.9 Å². The zero-order valence-electron chi connectivity index (χ0n) is 12.1. The minimum absolute atomic E-state index is 0.125. The summed E-state index contributed by atoms with van der Waals surface area (Å²) in [5.74, 6) is -0.272. The van der Waals surface area contributed by atoms with Crippen molar-refractivity contribution < 1.29 is 17.9 Å². The third-order valence-corrected chi connectivity index (χ3v) is 3.18. The van der Waals surface area contributed by atoms with Crippen LogP contribution in [0.4, 0.5) is 5.69 Å². The number of carbonyl (C=O) groups excluding carboxylic acids is 1. The number of hydrogen-bond acceptors (Lipinski definition) is 4. The van der Waals surface area contributed by atoms with Crippen LogP contribution in [0.3, 0.4) is 0 Å². The molecule has 0 aliphatic carbocycles. The molecule has 2 N–H and O–H groups in total. The third kappa shape index (κ3) is 5.18. The first-order valence-corrected chi connectivity index (χ1v) is 8.00. The number of nitrogens with one attached hydrogen (secondary N) is 2. The zero-order valence-corrected chi connectivity index (χ0v) is 12.9. The molecule has 7 heteroatoms. The Bertz CT molecular complexity index is 584. The predicted octanol–water partition coefficient (Wildman–Crippen LogP) is 1.13. The number of carbonyl (C=O) groups is 1. The number of ether oxygens (including phenoxy) is 1. The number of hydrogen-bond donors (Lipinski definition) is 2. The van der Waals surface area contributed by atoms with Gasteiger partial charge in [0.1, 0.15) is 0 Å². The summed E-state index contributed by atoms with van der Waals surface area (Å²) < 4.78 is 29.9. The number of methoxy groups -OCH3 is 1. The standard InChI is InChI=1S/C13H20N2O4S/c1-9-5-6-11(7-12(9)15-20(4,17)18)13(16)14-10(2)8-19-3/h5-7,10,15H,8H2,1-4H3,(H,14,16)/t10-/m0/s1. The molecule has 0 aliphatic heterocycles. The molecule has 0 radical (unpaired) electrons. The van der Waals surface area contributed by atoms with Gasteiger partial charge in [-0.2, -0.15) is 0 Å². The second kappa shape index (κ2) is 6.71. The molecular formula is C13H20N2O4S. The highest BCUT2D eigenvalue weighted by molar-refractivity contribution is 7.92. The molecule has 0 heterocycles. The lowest BCUT2D eigenvalue weighted by Crippen LogP contribution is -2.35. The first kappa shape index (κ1) is 16.5. The van der Waals surface area contributed by atoms with Crippen LogP contribution in [0.15, 0.2) is 18.2 Å². The van der Waals surface area contributed by atoms with Gasteiger partial charge in [-0.25, -0.2) is 8.42 Å². The maximum Gasteiger partial charge on any atom is 0.251 e. The Morgan fingerprint density at radius 1 is 1.40 bits per heavy atom. The maximum absolute atomic E-state index is 12.0. The quantitative estimate of drug-likeness (QED) is 0.825. The van der Waals surface area contributed by atoms with Gasteiger partial charge in [0.2, 0.25) is 10.0 Å². The van der Waals surface area contributed by atoms with Crippen LogP contribution in [0.25, 0.3) is 0 Å². The molecule has 20 heavy (non-hydrogen) atoms. The second-order valence-electron chi connectivity index (χ2n) is 4.73. The Balaban J connectivity index is 2.92. The van der Waals surface area contributed by atoms with Crippen molar-refractivity contribution in [1.29, 1.82) is 0 Å². The monoisotopic (exact) mass is 300 g/mol. The van der Waals surface area contributed by atoms with Gasteiger partial charge in [-0.1, -0.05) is 6.07 Å². The van der Waals surface area contributed by atoms with Crippen LogP contribution in [-0.4, -0.2) is 40.3 Å². The molecule has 0 fully saturated rings. The van der Waals surface area contributed by atoms with Gasteiger partial charge in [0, 0.05) is 18.7 Å². The largest absolute Gasteiger partial charge is 0.383 e. The molecule has 112 valence electrons. The van der Waals surface area contributed by atoms with Crippen LogP contribution in [0.2, 0.25) is 0 Å². The van der Waals surface area contributed by atoms with E-state index >= 15 is 0 Å². The third-order valence-electron chi connectivity index (χ3n) is 2.59. The van der Waals surface area contributed by atoms with Crippen molar-refractivity contribution in [3.63, 3.8) is 0 Å². The summed E-state index contributed by atoms with van der Waals surface area (Å²) in [5.41, 5.74) is 1.54. The van der Waals surface area contributed by atoms with Gasteiger partial charge in [-0.3, -0.25) is 9.52 Å². The summed E-state index contributed by atoms with van der Waals surface area (Å²) >= 11 is 0. The number of benzene rings is 1. The fraction of sp³-hybridized carbons (Fsp3) is 0.462. The van der Waals surface area contributed by atoms with Crippen molar-refractivity contribution in [2.75, 3.05) is 24.7 Å². The SMILES string of the molecule is COC[C@H](C)NC(=O)c1ccc(C)c(NS(C)(=O)=O)c1. The van der Waals surface area contributed by atoms with E-state index in [1.165, 1.54) is 6.07 Å². The van der Waals surface area contributed by atoms with Crippen LogP contribution in [0, 0.1) is 6.92 Å². The Morgan fingerprint density at radius 2 is 2.05 bits per heavy atom. The lowest BCUT2D eigenvalue weighted by atomic mass is 10.1. The van der Waals surface area contributed by atoms with Crippen molar-refractivity contribution in [3.05, 3.63) is 29.3 Å². The molecular weight excluding hydrogens is 280 g/mol. The van der Waals surface area contributed by atoms with E-state index in [0.29, 0.717) is 17.9 Å². The van der Waals surface area contributed by atoms with E-state index in [4.69, 9.17) is 4.74 Å². The minimum Gasteiger partial charge on any atom is -0.383 e. The van der Waals surface area contributed by atoms with Crippen molar-refractivity contribution in [3.8, 4) is 0 Å². The molecule has 1 amide bonds. The van der Waals surface area contributed by atoms with Crippen LogP contribution >= 0.6 is 0 Å². The topological polar surface area (TPSA) is 84.5 Å². The van der Waals surface area contributed by atoms with E-state index < -0.39 is 10.0 Å². The van der Waals surface area contributed by atoms with Gasteiger partial charge in [0.15, 0.2) is 0 Å². The van der Waals surface area contributed by atoms with E-state index in [2.05, 4.69) is 10.0 Å². The smallest absolute Gasteiger partial charge is 0.251 e. The normalized spacial score (nSPS) is 12.8. The van der Waals surface area contributed by atoms with Gasteiger partial charge in [0.25, 0.3) is 5.91 Å². The highest BCUT2D eigenvalue weighted by atomic mass is 32.2. The zero-order chi connectivity index (χ0) is 15.3. The minimum atomic E-state index is -3.38. The van der Waals surface area contributed by atoms with Crippen LogP contribution in [0.1, 0.15) is 22.8 Å². The Labute approximate surface area is 119 Å². The van der Waals surface area contributed by atoms with Crippen LogP contribution in [-0.2, 0) is 14.8 Å². The molecule has 1 atom stereocenters. The molecule has 1 aromatic carbocycles. The first-order chi connectivity index (χ1) is 9.23. The van der Waals surface area contributed by atoms with Gasteiger partial charge in [0.05, 0.1) is 18.6 Å². The van der Waals surface area contributed by atoms with Crippen LogP contribution < -0.4 is 10.0 Å². The van der Waals surface area contributed by atoms with Gasteiger partial charge < -0.3 is 10.1 Å². The predicted molar refractivity (Wildman–Crippen MR) is 78.4 cm³/mol. The molecule has 0 saturated carbocycles. The van der Waals surface area contributed by atoms with Gasteiger partial charge in [-0.05, 0) is 31.5 Å². The van der Waals surface area contributed by atoms with Gasteiger partial charge in [-0.15, -0.1) is 0 Å². The lowest BCUT2D eigenvalue weighted by molar-refractivity contribution is 0.0905. The molecule has 1 aromatic rings. The number of rotatable bonds is 6. The molecule has 1 rings (SSSR count). The highest BCUT2D eigenvalue weighted by Gasteiger charge is 2.12. The summed E-state index contributed by atoms with van der Waals surface area (Å²) in [6.45, 7) is 4.00. The van der Waals surface area contributed by atoms with E-state index in [9.17, 15) is 13.2 Å². The fourth-order valence-corrected chi connectivity index (χ4v) is 2.29. The van der Waals surface area contributed by atoms with Crippen molar-refractivity contribution in [2.24, 2.45) is 0 Å². The highest BCUT2D eigenvalue weighted by Crippen LogP contribution is 2.18. The Morgan fingerprint density at radius 3 is 2.60 bits per heavy atom. The van der Waals surface area contributed by atoms with Crippen LogP contribution in [0.5, 0.6) is 0 Å². The van der Waals surface area contributed by atoms with Crippen molar-refractivity contribution >= 4 is 21.6 Å². The molecule has 0 spiro atoms. The van der Waals surface area contributed by atoms with E-state index in [1.807, 2.05) is 6.92 Å². The summed E-state index contributed by atoms with van der Waals surface area (Å²) in [4.78, 5) is 12.0. The molecule has 0 saturated heterocycles. The van der Waals surface area contributed by atoms with E-state index in [0.717, 1.165) is 11.8 Å². The number of aryl methyl sites for hydroxylation is 1. The van der Waals surface area contributed by atoms with Gasteiger partial charge >= 0.3 is 0 Å². The van der Waals surface area contributed by atoms with Crippen molar-refractivity contribution in [1.82, 2.24) is 5.32 Å². The molecule has 6 nitrogen and oxygen atoms in total. The summed E-state index contributed by atoms with van der Waals surface area (Å²) in [6.07, 6.45) is 1.07. The summed E-state index contributed by atoms with van der Waals surface area (Å²) in [6, 6.07) is 4.74. The fourth-order valence-electron chi connectivity index (χ4n) is 1.67. The first-order valence-electron chi connectivity index (χ1n) is 6.11. The molecule has 0 bridgehead atoms. The average Bonchev–Trinajstić information content (AvgIpc) is 2.30. The Hall–Kier alpha value is -1.60. The average molecular weight is 300 g/mol. The number of amides is 1. The lowest BCUT2D eigenvalue weighted by Gasteiger charge is -2.14. The molecule has 0 aliphatic rings. The summed E-state index contributed by atoms with van der Waals surface area (Å²) in [5, 5.41) is 2.77. The second-order valence-corrected chi connectivity index (χ2v) is 6.48. The Kier molecular flexibility index (Phi) is 5.52. The van der Waals surface area contributed by atoms with E-state index in [-0.39, 0.29) is 11.9 Å². The molecule has 0 aromatic heterocycles. The molecule has 0 unspecified atom stereocenters. The summed E-state index contributed by atoms with van der Waals surface area (Å²) in [7, 11) is -1.82. The van der Waals surface area contributed by atoms with E-state index in [1.54, 1.807) is 26.2 Å². The number of sulfonamides is 1.